The van der Waals surface area contributed by atoms with Crippen molar-refractivity contribution >= 4 is 11.5 Å². The minimum Gasteiger partial charge on any atom is -0.495 e. The number of benzene rings is 2. The van der Waals surface area contributed by atoms with Gasteiger partial charge in [-0.1, -0.05) is 18.6 Å². The third-order valence-electron chi connectivity index (χ3n) is 6.79. The number of Topliss-reactive ketones (excluding diaryl/α,β-unsaturated/α-hetero) is 1. The zero-order chi connectivity index (χ0) is 22.5. The smallest absolute Gasteiger partial charge is 0.166 e. The van der Waals surface area contributed by atoms with Gasteiger partial charge in [0.1, 0.15) is 5.75 Å². The molecule has 0 saturated carbocycles. The van der Waals surface area contributed by atoms with Crippen molar-refractivity contribution in [3.63, 3.8) is 0 Å². The molecule has 2 aromatic carbocycles. The fourth-order valence-electron chi connectivity index (χ4n) is 4.96. The first-order valence-electron chi connectivity index (χ1n) is 11.5. The van der Waals surface area contributed by atoms with Crippen LogP contribution in [0.2, 0.25) is 0 Å². The van der Waals surface area contributed by atoms with Gasteiger partial charge >= 0.3 is 0 Å². The number of carbonyl (C=O) groups is 1. The van der Waals surface area contributed by atoms with Crippen molar-refractivity contribution in [1.82, 2.24) is 4.90 Å². The average Bonchev–Trinajstić information content (AvgIpc) is 3.15. The maximum absolute atomic E-state index is 12.9. The first-order chi connectivity index (χ1) is 15.6. The van der Waals surface area contributed by atoms with Crippen molar-refractivity contribution in [2.45, 2.75) is 25.7 Å². The monoisotopic (exact) mass is 438 g/mol. The van der Waals surface area contributed by atoms with E-state index in [-0.39, 0.29) is 11.7 Å². The third-order valence-corrected chi connectivity index (χ3v) is 6.79. The Balaban J connectivity index is 1.21. The van der Waals surface area contributed by atoms with Crippen LogP contribution in [0.1, 0.15) is 35.2 Å². The zero-order valence-electron chi connectivity index (χ0n) is 19.4. The summed E-state index contributed by atoms with van der Waals surface area (Å²) in [6.07, 6.45) is 3.96. The Bertz CT molecular complexity index is 937. The molecule has 0 radical (unpaired) electrons. The highest BCUT2D eigenvalue weighted by Crippen LogP contribution is 2.38. The van der Waals surface area contributed by atoms with E-state index >= 15 is 0 Å². The molecule has 6 heteroatoms. The fourth-order valence-corrected chi connectivity index (χ4v) is 4.96. The number of hydrogen-bond donors (Lipinski definition) is 0. The molecule has 1 heterocycles. The molecule has 1 aliphatic carbocycles. The molecule has 0 spiro atoms. The molecule has 4 rings (SSSR count). The summed E-state index contributed by atoms with van der Waals surface area (Å²) in [7, 11) is 4.97. The normalized spacial score (nSPS) is 18.5. The zero-order valence-corrected chi connectivity index (χ0v) is 19.4. The largest absolute Gasteiger partial charge is 0.495 e. The van der Waals surface area contributed by atoms with Crippen molar-refractivity contribution in [2.75, 3.05) is 59.0 Å². The maximum Gasteiger partial charge on any atom is 0.166 e. The van der Waals surface area contributed by atoms with Crippen LogP contribution in [-0.4, -0.2) is 64.7 Å². The molecule has 1 unspecified atom stereocenters. The van der Waals surface area contributed by atoms with Gasteiger partial charge in [0.2, 0.25) is 0 Å². The summed E-state index contributed by atoms with van der Waals surface area (Å²) in [6, 6.07) is 12.1. The number of fused-ring (bicyclic) bond motifs is 1. The van der Waals surface area contributed by atoms with Gasteiger partial charge in [0, 0.05) is 37.7 Å². The summed E-state index contributed by atoms with van der Waals surface area (Å²) >= 11 is 0. The Morgan fingerprint density at radius 2 is 1.56 bits per heavy atom. The number of ether oxygens (including phenoxy) is 3. The molecule has 0 bridgehead atoms. The van der Waals surface area contributed by atoms with Gasteiger partial charge < -0.3 is 19.1 Å². The van der Waals surface area contributed by atoms with E-state index in [1.165, 1.54) is 5.69 Å². The molecule has 172 valence electrons. The summed E-state index contributed by atoms with van der Waals surface area (Å²) in [6.45, 7) is 5.24. The minimum absolute atomic E-state index is 0.0872. The molecule has 1 fully saturated rings. The van der Waals surface area contributed by atoms with Crippen LogP contribution in [-0.2, 0) is 6.42 Å². The molecule has 1 saturated heterocycles. The van der Waals surface area contributed by atoms with E-state index in [9.17, 15) is 4.79 Å². The highest BCUT2D eigenvalue weighted by Gasteiger charge is 2.31. The van der Waals surface area contributed by atoms with E-state index in [4.69, 9.17) is 14.2 Å². The van der Waals surface area contributed by atoms with Crippen LogP contribution in [0.15, 0.2) is 36.4 Å². The first-order valence-corrected chi connectivity index (χ1v) is 11.5. The van der Waals surface area contributed by atoms with Gasteiger partial charge in [-0.05, 0) is 55.6 Å². The van der Waals surface area contributed by atoms with E-state index in [1.807, 2.05) is 24.3 Å². The second-order valence-electron chi connectivity index (χ2n) is 8.63. The molecule has 0 N–H and O–H groups in total. The van der Waals surface area contributed by atoms with Gasteiger partial charge in [-0.25, -0.2) is 0 Å². The SMILES string of the molecule is COc1cc2c(cc1OC)C(=O)C(CCCCN1CCN(c3ccccc3OC)CC1)C2. The van der Waals surface area contributed by atoms with Crippen molar-refractivity contribution in [2.24, 2.45) is 5.92 Å². The van der Waals surface area contributed by atoms with E-state index in [2.05, 4.69) is 21.9 Å². The second kappa shape index (κ2) is 10.3. The van der Waals surface area contributed by atoms with Gasteiger partial charge in [0.15, 0.2) is 17.3 Å². The Morgan fingerprint density at radius 1 is 0.875 bits per heavy atom. The standard InChI is InChI=1S/C26H34N2O4/c1-30-23-10-5-4-9-22(23)28-14-12-27(13-15-28)11-7-6-8-19-16-20-17-24(31-2)25(32-3)18-21(20)26(19)29/h4-5,9-10,17-19H,6-8,11-16H2,1-3H3. The lowest BCUT2D eigenvalue weighted by atomic mass is 9.98. The van der Waals surface area contributed by atoms with Crippen LogP contribution in [0.3, 0.4) is 0 Å². The summed E-state index contributed by atoms with van der Waals surface area (Å²) in [4.78, 5) is 17.8. The van der Waals surface area contributed by atoms with Crippen molar-refractivity contribution < 1.29 is 19.0 Å². The van der Waals surface area contributed by atoms with Crippen molar-refractivity contribution in [3.05, 3.63) is 47.5 Å². The number of ketones is 1. The number of hydrogen-bond acceptors (Lipinski definition) is 6. The molecule has 32 heavy (non-hydrogen) atoms. The van der Waals surface area contributed by atoms with Crippen LogP contribution < -0.4 is 19.1 Å². The number of rotatable bonds is 9. The van der Waals surface area contributed by atoms with E-state index in [1.54, 1.807) is 21.3 Å². The van der Waals surface area contributed by atoms with Gasteiger partial charge in [-0.2, -0.15) is 0 Å². The Kier molecular flexibility index (Phi) is 7.20. The number of piperazine rings is 1. The van der Waals surface area contributed by atoms with Gasteiger partial charge in [-0.15, -0.1) is 0 Å². The van der Waals surface area contributed by atoms with Crippen LogP contribution in [0.4, 0.5) is 5.69 Å². The predicted molar refractivity (Wildman–Crippen MR) is 127 cm³/mol. The Morgan fingerprint density at radius 3 is 2.28 bits per heavy atom. The predicted octanol–water partition coefficient (Wildman–Crippen LogP) is 4.06. The fraction of sp³-hybridized carbons (Fsp3) is 0.500. The number of unbranched alkanes of at least 4 members (excludes halogenated alkanes) is 1. The number of methoxy groups -OCH3 is 3. The van der Waals surface area contributed by atoms with Crippen LogP contribution >= 0.6 is 0 Å². The van der Waals surface area contributed by atoms with Crippen LogP contribution in [0.25, 0.3) is 0 Å². The quantitative estimate of drug-likeness (QED) is 0.551. The van der Waals surface area contributed by atoms with Crippen LogP contribution in [0.5, 0.6) is 17.2 Å². The topological polar surface area (TPSA) is 51.2 Å². The first kappa shape index (κ1) is 22.5. The van der Waals surface area contributed by atoms with E-state index in [0.717, 1.165) is 75.3 Å². The highest BCUT2D eigenvalue weighted by atomic mass is 16.5. The Labute approximate surface area is 191 Å². The molecule has 0 amide bonds. The van der Waals surface area contributed by atoms with Gasteiger partial charge in [0.05, 0.1) is 27.0 Å². The molecule has 0 aromatic heterocycles. The van der Waals surface area contributed by atoms with Crippen molar-refractivity contribution in [3.8, 4) is 17.2 Å². The summed E-state index contributed by atoms with van der Waals surface area (Å²) < 4.78 is 16.3. The molecular formula is C26H34N2O4. The second-order valence-corrected chi connectivity index (χ2v) is 8.63. The molecular weight excluding hydrogens is 404 g/mol. The third kappa shape index (κ3) is 4.70. The highest BCUT2D eigenvalue weighted by molar-refractivity contribution is 6.02. The maximum atomic E-state index is 12.9. The molecule has 1 atom stereocenters. The molecule has 2 aliphatic rings. The number of carbonyl (C=O) groups excluding carboxylic acids is 1. The summed E-state index contributed by atoms with van der Waals surface area (Å²) in [5.74, 6) is 2.62. The lowest BCUT2D eigenvalue weighted by Crippen LogP contribution is -2.46. The van der Waals surface area contributed by atoms with Gasteiger partial charge in [0.25, 0.3) is 0 Å². The Hall–Kier alpha value is -2.73. The van der Waals surface area contributed by atoms with Gasteiger partial charge in [-0.3, -0.25) is 9.69 Å². The lowest BCUT2D eigenvalue weighted by molar-refractivity contribution is 0.0928. The number of anilines is 1. The molecule has 1 aliphatic heterocycles. The van der Waals surface area contributed by atoms with Crippen LogP contribution in [0, 0.1) is 5.92 Å². The number of nitrogens with zero attached hydrogens (tertiary/aromatic N) is 2. The summed E-state index contributed by atoms with van der Waals surface area (Å²) in [5, 5.41) is 0. The lowest BCUT2D eigenvalue weighted by Gasteiger charge is -2.36. The van der Waals surface area contributed by atoms with E-state index < -0.39 is 0 Å². The minimum atomic E-state index is 0.0872. The average molecular weight is 439 g/mol. The molecule has 2 aromatic rings. The van der Waals surface area contributed by atoms with Crippen molar-refractivity contribution in [1.29, 1.82) is 0 Å². The number of para-hydroxylation sites is 2. The summed E-state index contributed by atoms with van der Waals surface area (Å²) in [5.41, 5.74) is 3.08. The van der Waals surface area contributed by atoms with E-state index in [0.29, 0.717) is 11.5 Å². The molecule has 6 nitrogen and oxygen atoms in total.